The van der Waals surface area contributed by atoms with E-state index in [1.165, 1.54) is 0 Å². The van der Waals surface area contributed by atoms with Gasteiger partial charge in [0.2, 0.25) is 0 Å². The van der Waals surface area contributed by atoms with E-state index >= 15 is 0 Å². The van der Waals surface area contributed by atoms with Crippen LogP contribution in [0.25, 0.3) is 0 Å². The molecule has 0 amide bonds. The van der Waals surface area contributed by atoms with Gasteiger partial charge in [-0.05, 0) is 19.4 Å². The Kier molecular flexibility index (Phi) is 6.92. The fourth-order valence-corrected chi connectivity index (χ4v) is 2.11. The molecule has 0 aliphatic heterocycles. The van der Waals surface area contributed by atoms with Crippen molar-refractivity contribution in [3.8, 4) is 6.07 Å². The summed E-state index contributed by atoms with van der Waals surface area (Å²) in [5.41, 5.74) is 2.91. The Labute approximate surface area is 121 Å². The molecule has 4 nitrogen and oxygen atoms in total. The normalized spacial score (nSPS) is 10.6. The maximum atomic E-state index is 12.3. The van der Waals surface area contributed by atoms with Crippen LogP contribution in [-0.2, 0) is 4.74 Å². The van der Waals surface area contributed by atoms with Crippen molar-refractivity contribution >= 4 is 5.78 Å². The standard InChI is InChI=1S/C16H22N2O2/c1-13-5-6-15(14(2)11-13)16(19)12-18(8-4-7-17)9-10-20-3/h5-6,11H,4,8-10,12H2,1-3H3. The number of benzene rings is 1. The summed E-state index contributed by atoms with van der Waals surface area (Å²) in [6.45, 7) is 6.11. The molecule has 1 aromatic rings. The maximum absolute atomic E-state index is 12.3. The SMILES string of the molecule is COCCN(CCC#N)CC(=O)c1ccc(C)cc1C. The van der Waals surface area contributed by atoms with E-state index in [0.717, 1.165) is 16.7 Å². The quantitative estimate of drug-likeness (QED) is 0.683. The largest absolute Gasteiger partial charge is 0.383 e. The van der Waals surface area contributed by atoms with Crippen LogP contribution < -0.4 is 0 Å². The van der Waals surface area contributed by atoms with Crippen molar-refractivity contribution in [3.63, 3.8) is 0 Å². The van der Waals surface area contributed by atoms with Crippen molar-refractivity contribution in [2.75, 3.05) is 33.4 Å². The molecular formula is C16H22N2O2. The minimum absolute atomic E-state index is 0.0940. The number of ketones is 1. The fraction of sp³-hybridized carbons (Fsp3) is 0.500. The van der Waals surface area contributed by atoms with Gasteiger partial charge >= 0.3 is 0 Å². The third-order valence-electron chi connectivity index (χ3n) is 3.20. The van der Waals surface area contributed by atoms with Crippen LogP contribution in [0.15, 0.2) is 18.2 Å². The Hall–Kier alpha value is -1.70. The Morgan fingerprint density at radius 3 is 2.70 bits per heavy atom. The second-order valence-electron chi connectivity index (χ2n) is 4.92. The molecule has 0 aliphatic rings. The third kappa shape index (κ3) is 5.12. The number of carbonyl (C=O) groups is 1. The molecule has 0 unspecified atom stereocenters. The minimum atomic E-state index is 0.0940. The van der Waals surface area contributed by atoms with E-state index in [-0.39, 0.29) is 5.78 Å². The highest BCUT2D eigenvalue weighted by molar-refractivity contribution is 5.98. The fourth-order valence-electron chi connectivity index (χ4n) is 2.11. The second-order valence-corrected chi connectivity index (χ2v) is 4.92. The molecule has 0 N–H and O–H groups in total. The lowest BCUT2D eigenvalue weighted by Gasteiger charge is -2.20. The molecule has 0 fully saturated rings. The van der Waals surface area contributed by atoms with E-state index in [9.17, 15) is 4.79 Å². The molecule has 0 spiro atoms. The average Bonchev–Trinajstić information content (AvgIpc) is 2.41. The van der Waals surface area contributed by atoms with Crippen LogP contribution in [0.5, 0.6) is 0 Å². The van der Waals surface area contributed by atoms with Gasteiger partial charge < -0.3 is 4.74 Å². The second kappa shape index (κ2) is 8.47. The van der Waals surface area contributed by atoms with Crippen LogP contribution in [0.3, 0.4) is 0 Å². The molecule has 0 heterocycles. The van der Waals surface area contributed by atoms with Crippen molar-refractivity contribution in [3.05, 3.63) is 34.9 Å². The van der Waals surface area contributed by atoms with Gasteiger partial charge in [0.1, 0.15) is 0 Å². The van der Waals surface area contributed by atoms with Crippen LogP contribution in [0, 0.1) is 25.2 Å². The molecule has 0 saturated carbocycles. The summed E-state index contributed by atoms with van der Waals surface area (Å²) in [5.74, 6) is 0.0940. The number of hydrogen-bond acceptors (Lipinski definition) is 4. The van der Waals surface area contributed by atoms with Gasteiger partial charge in [-0.2, -0.15) is 5.26 Å². The number of nitriles is 1. The number of aryl methyl sites for hydroxylation is 2. The molecule has 1 aromatic carbocycles. The van der Waals surface area contributed by atoms with Gasteiger partial charge in [-0.15, -0.1) is 0 Å². The van der Waals surface area contributed by atoms with Crippen LogP contribution >= 0.6 is 0 Å². The lowest BCUT2D eigenvalue weighted by Crippen LogP contribution is -2.33. The van der Waals surface area contributed by atoms with Crippen molar-refractivity contribution in [1.29, 1.82) is 5.26 Å². The number of methoxy groups -OCH3 is 1. The summed E-state index contributed by atoms with van der Waals surface area (Å²) < 4.78 is 5.04. The Morgan fingerprint density at radius 2 is 2.10 bits per heavy atom. The van der Waals surface area contributed by atoms with Gasteiger partial charge in [-0.25, -0.2) is 0 Å². The molecule has 0 atom stereocenters. The monoisotopic (exact) mass is 274 g/mol. The molecule has 4 heteroatoms. The van der Waals surface area contributed by atoms with Crippen molar-refractivity contribution in [1.82, 2.24) is 4.90 Å². The van der Waals surface area contributed by atoms with E-state index in [2.05, 4.69) is 6.07 Å². The van der Waals surface area contributed by atoms with Crippen LogP contribution in [0.4, 0.5) is 0 Å². The van der Waals surface area contributed by atoms with Crippen molar-refractivity contribution in [2.45, 2.75) is 20.3 Å². The molecule has 108 valence electrons. The molecule has 0 bridgehead atoms. The van der Waals surface area contributed by atoms with Gasteiger partial charge in [-0.3, -0.25) is 9.69 Å². The van der Waals surface area contributed by atoms with Crippen LogP contribution in [0.1, 0.15) is 27.9 Å². The average molecular weight is 274 g/mol. The number of hydrogen-bond donors (Lipinski definition) is 0. The molecule has 0 saturated heterocycles. The zero-order valence-electron chi connectivity index (χ0n) is 12.5. The molecule has 0 radical (unpaired) electrons. The molecule has 0 aliphatic carbocycles. The highest BCUT2D eigenvalue weighted by Gasteiger charge is 2.14. The summed E-state index contributed by atoms with van der Waals surface area (Å²) in [5, 5.41) is 8.67. The highest BCUT2D eigenvalue weighted by Crippen LogP contribution is 2.12. The number of carbonyl (C=O) groups excluding carboxylic acids is 1. The van der Waals surface area contributed by atoms with Gasteiger partial charge in [0, 0.05) is 32.2 Å². The van der Waals surface area contributed by atoms with E-state index in [1.54, 1.807) is 7.11 Å². The predicted octanol–water partition coefficient (Wildman–Crippen LogP) is 2.35. The van der Waals surface area contributed by atoms with Crippen molar-refractivity contribution in [2.24, 2.45) is 0 Å². The first-order valence-electron chi connectivity index (χ1n) is 6.77. The van der Waals surface area contributed by atoms with Gasteiger partial charge in [0.15, 0.2) is 5.78 Å². The number of Topliss-reactive ketones (excluding diaryl/α,β-unsaturated/α-hetero) is 1. The van der Waals surface area contributed by atoms with E-state index < -0.39 is 0 Å². The summed E-state index contributed by atoms with van der Waals surface area (Å²) in [6, 6.07) is 7.96. The zero-order chi connectivity index (χ0) is 15.0. The maximum Gasteiger partial charge on any atom is 0.177 e. The minimum Gasteiger partial charge on any atom is -0.383 e. The summed E-state index contributed by atoms with van der Waals surface area (Å²) in [6.07, 6.45) is 0.421. The number of ether oxygens (including phenoxy) is 1. The summed E-state index contributed by atoms with van der Waals surface area (Å²) in [4.78, 5) is 14.3. The lowest BCUT2D eigenvalue weighted by molar-refractivity contribution is 0.0897. The highest BCUT2D eigenvalue weighted by atomic mass is 16.5. The molecular weight excluding hydrogens is 252 g/mol. The molecule has 20 heavy (non-hydrogen) atoms. The summed E-state index contributed by atoms with van der Waals surface area (Å²) >= 11 is 0. The Balaban J connectivity index is 2.71. The molecule has 0 aromatic heterocycles. The van der Waals surface area contributed by atoms with Gasteiger partial charge in [0.05, 0.1) is 19.2 Å². The topological polar surface area (TPSA) is 53.3 Å². The Bertz CT molecular complexity index is 492. The Morgan fingerprint density at radius 1 is 1.35 bits per heavy atom. The van der Waals surface area contributed by atoms with E-state index in [1.807, 2.05) is 36.9 Å². The first kappa shape index (κ1) is 16.4. The van der Waals surface area contributed by atoms with Gasteiger partial charge in [-0.1, -0.05) is 23.8 Å². The predicted molar refractivity (Wildman–Crippen MR) is 78.8 cm³/mol. The van der Waals surface area contributed by atoms with Crippen LogP contribution in [-0.4, -0.2) is 44.0 Å². The molecule has 1 rings (SSSR count). The number of nitrogens with zero attached hydrogens (tertiary/aromatic N) is 2. The number of rotatable bonds is 8. The van der Waals surface area contributed by atoms with Crippen molar-refractivity contribution < 1.29 is 9.53 Å². The lowest BCUT2D eigenvalue weighted by atomic mass is 10.0. The summed E-state index contributed by atoms with van der Waals surface area (Å²) in [7, 11) is 1.63. The van der Waals surface area contributed by atoms with E-state index in [0.29, 0.717) is 32.7 Å². The van der Waals surface area contributed by atoms with E-state index in [4.69, 9.17) is 10.00 Å². The van der Waals surface area contributed by atoms with Crippen LogP contribution in [0.2, 0.25) is 0 Å². The van der Waals surface area contributed by atoms with Gasteiger partial charge in [0.25, 0.3) is 0 Å². The first-order valence-corrected chi connectivity index (χ1v) is 6.77. The smallest absolute Gasteiger partial charge is 0.177 e. The zero-order valence-corrected chi connectivity index (χ0v) is 12.5. The first-order chi connectivity index (χ1) is 9.58. The third-order valence-corrected chi connectivity index (χ3v) is 3.20.